The molecule has 0 bridgehead atoms. The summed E-state index contributed by atoms with van der Waals surface area (Å²) in [4.78, 5) is 0. The van der Waals surface area contributed by atoms with Crippen LogP contribution in [0.25, 0.3) is 5.70 Å². The number of benzene rings is 2. The van der Waals surface area contributed by atoms with Gasteiger partial charge in [0.05, 0.1) is 12.7 Å². The van der Waals surface area contributed by atoms with Crippen LogP contribution in [-0.2, 0) is 0 Å². The van der Waals surface area contributed by atoms with Crippen LogP contribution in [0.5, 0.6) is 11.5 Å². The van der Waals surface area contributed by atoms with Gasteiger partial charge >= 0.3 is 0 Å². The molecular formula is C19H23N2O2+. The largest absolute Gasteiger partial charge is 0.507 e. The molecule has 1 heterocycles. The van der Waals surface area contributed by atoms with Gasteiger partial charge in [0.2, 0.25) is 0 Å². The molecule has 0 spiro atoms. The van der Waals surface area contributed by atoms with Crippen molar-refractivity contribution in [1.82, 2.24) is 5.32 Å². The third-order valence-electron chi connectivity index (χ3n) is 4.10. The van der Waals surface area contributed by atoms with E-state index in [-0.39, 0.29) is 11.7 Å². The molecule has 0 aliphatic carbocycles. The first kappa shape index (κ1) is 15.4. The molecule has 1 aliphatic heterocycles. The summed E-state index contributed by atoms with van der Waals surface area (Å²) in [7, 11) is 1.67. The summed E-state index contributed by atoms with van der Waals surface area (Å²) in [6, 6.07) is 15.6. The van der Waals surface area contributed by atoms with Gasteiger partial charge in [-0.1, -0.05) is 12.1 Å². The standard InChI is InChI=1S/C19H22N2O2/c1-19(2)20-16(13-8-10-14(23-3)11-9-13)12-17(21-19)15-6-4-5-7-18(15)22/h4-12,17,20-22H,1-3H3/p+1. The molecule has 0 saturated heterocycles. The van der Waals surface area contributed by atoms with Crippen molar-refractivity contribution in [3.05, 3.63) is 65.7 Å². The van der Waals surface area contributed by atoms with E-state index in [0.717, 1.165) is 22.6 Å². The van der Waals surface area contributed by atoms with Crippen molar-refractivity contribution in [3.63, 3.8) is 0 Å². The third kappa shape index (κ3) is 3.32. The van der Waals surface area contributed by atoms with Crippen LogP contribution in [0.15, 0.2) is 54.6 Å². The number of aromatic hydroxyl groups is 1. The highest BCUT2D eigenvalue weighted by Crippen LogP contribution is 2.28. The Bertz CT molecular complexity index is 720. The van der Waals surface area contributed by atoms with Gasteiger partial charge in [-0.25, -0.2) is 0 Å². The fourth-order valence-electron chi connectivity index (χ4n) is 2.99. The Labute approximate surface area is 136 Å². The van der Waals surface area contributed by atoms with E-state index in [1.807, 2.05) is 42.5 Å². The molecular weight excluding hydrogens is 288 g/mol. The van der Waals surface area contributed by atoms with Crippen LogP contribution in [0, 0.1) is 0 Å². The number of phenolic OH excluding ortho intramolecular Hbond substituents is 1. The first-order valence-corrected chi connectivity index (χ1v) is 7.77. The molecule has 0 aromatic heterocycles. The lowest BCUT2D eigenvalue weighted by Crippen LogP contribution is -3.00. The van der Waals surface area contributed by atoms with Crippen molar-refractivity contribution >= 4 is 5.70 Å². The highest BCUT2D eigenvalue weighted by Gasteiger charge is 2.33. The average Bonchev–Trinajstić information content (AvgIpc) is 2.54. The number of ether oxygens (including phenoxy) is 1. The lowest BCUT2D eigenvalue weighted by atomic mass is 9.96. The maximum atomic E-state index is 10.2. The van der Waals surface area contributed by atoms with Gasteiger partial charge in [-0.15, -0.1) is 0 Å². The molecule has 23 heavy (non-hydrogen) atoms. The van der Waals surface area contributed by atoms with E-state index in [1.165, 1.54) is 0 Å². The number of hydrogen-bond donors (Lipinski definition) is 3. The molecule has 2 aromatic rings. The van der Waals surface area contributed by atoms with Crippen molar-refractivity contribution in [2.45, 2.75) is 25.6 Å². The number of hydrogen-bond acceptors (Lipinski definition) is 3. The van der Waals surface area contributed by atoms with E-state index in [2.05, 4.69) is 30.6 Å². The second-order valence-corrected chi connectivity index (χ2v) is 6.41. The molecule has 1 atom stereocenters. The molecule has 120 valence electrons. The monoisotopic (exact) mass is 311 g/mol. The number of para-hydroxylation sites is 1. The van der Waals surface area contributed by atoms with Gasteiger partial charge in [-0.05, 0) is 42.0 Å². The Morgan fingerprint density at radius 1 is 1.09 bits per heavy atom. The van der Waals surface area contributed by atoms with Crippen molar-refractivity contribution in [3.8, 4) is 11.5 Å². The van der Waals surface area contributed by atoms with Crippen LogP contribution in [0.3, 0.4) is 0 Å². The number of nitrogens with two attached hydrogens (primary N) is 1. The summed E-state index contributed by atoms with van der Waals surface area (Å²) in [5, 5.41) is 15.9. The molecule has 3 rings (SSSR count). The van der Waals surface area contributed by atoms with E-state index in [0.29, 0.717) is 5.75 Å². The summed E-state index contributed by atoms with van der Waals surface area (Å²) < 4.78 is 5.22. The zero-order valence-electron chi connectivity index (χ0n) is 13.7. The molecule has 0 amide bonds. The summed E-state index contributed by atoms with van der Waals surface area (Å²) in [5.41, 5.74) is 2.92. The maximum Gasteiger partial charge on any atom is 0.164 e. The minimum Gasteiger partial charge on any atom is -0.507 e. The molecule has 0 radical (unpaired) electrons. The first-order chi connectivity index (χ1) is 11.0. The van der Waals surface area contributed by atoms with Gasteiger partial charge in [0.25, 0.3) is 0 Å². The van der Waals surface area contributed by atoms with Crippen LogP contribution >= 0.6 is 0 Å². The predicted molar refractivity (Wildman–Crippen MR) is 91.0 cm³/mol. The number of methoxy groups -OCH3 is 1. The Morgan fingerprint density at radius 2 is 1.78 bits per heavy atom. The minimum absolute atomic E-state index is 0.0598. The van der Waals surface area contributed by atoms with Crippen molar-refractivity contribution in [1.29, 1.82) is 0 Å². The summed E-state index contributed by atoms with van der Waals surface area (Å²) >= 11 is 0. The zero-order valence-corrected chi connectivity index (χ0v) is 13.7. The smallest absolute Gasteiger partial charge is 0.164 e. The van der Waals surface area contributed by atoms with Crippen LogP contribution < -0.4 is 15.4 Å². The van der Waals surface area contributed by atoms with E-state index >= 15 is 0 Å². The van der Waals surface area contributed by atoms with Gasteiger partial charge in [0, 0.05) is 25.6 Å². The lowest BCUT2D eigenvalue weighted by molar-refractivity contribution is -0.754. The van der Waals surface area contributed by atoms with Crippen LogP contribution in [0.2, 0.25) is 0 Å². The molecule has 4 heteroatoms. The molecule has 2 aromatic carbocycles. The number of rotatable bonds is 3. The maximum absolute atomic E-state index is 10.2. The van der Waals surface area contributed by atoms with Gasteiger partial charge in [0.15, 0.2) is 5.66 Å². The van der Waals surface area contributed by atoms with Crippen molar-refractivity contribution < 1.29 is 15.2 Å². The van der Waals surface area contributed by atoms with Gasteiger partial charge in [-0.3, -0.25) is 0 Å². The molecule has 1 unspecified atom stereocenters. The normalized spacial score (nSPS) is 19.6. The molecule has 1 aliphatic rings. The van der Waals surface area contributed by atoms with E-state index in [1.54, 1.807) is 13.2 Å². The highest BCUT2D eigenvalue weighted by atomic mass is 16.5. The second kappa shape index (κ2) is 5.97. The predicted octanol–water partition coefficient (Wildman–Crippen LogP) is 2.39. The topological polar surface area (TPSA) is 58.1 Å². The number of nitrogens with one attached hydrogen (secondary N) is 1. The first-order valence-electron chi connectivity index (χ1n) is 7.77. The summed E-state index contributed by atoms with van der Waals surface area (Å²) in [5.74, 6) is 1.17. The van der Waals surface area contributed by atoms with Crippen LogP contribution in [0.1, 0.15) is 31.0 Å². The third-order valence-corrected chi connectivity index (χ3v) is 4.10. The van der Waals surface area contributed by atoms with Gasteiger partial charge in [-0.2, -0.15) is 0 Å². The fraction of sp³-hybridized carbons (Fsp3) is 0.263. The Morgan fingerprint density at radius 3 is 2.43 bits per heavy atom. The highest BCUT2D eigenvalue weighted by molar-refractivity contribution is 5.66. The number of phenols is 1. The number of quaternary nitrogens is 1. The van der Waals surface area contributed by atoms with Crippen LogP contribution in [-0.4, -0.2) is 17.9 Å². The van der Waals surface area contributed by atoms with E-state index in [4.69, 9.17) is 4.74 Å². The Balaban J connectivity index is 1.99. The second-order valence-electron chi connectivity index (χ2n) is 6.41. The summed E-state index contributed by atoms with van der Waals surface area (Å²) in [6.07, 6.45) is 2.15. The zero-order chi connectivity index (χ0) is 16.4. The fourth-order valence-corrected chi connectivity index (χ4v) is 2.99. The van der Waals surface area contributed by atoms with Crippen molar-refractivity contribution in [2.75, 3.05) is 7.11 Å². The van der Waals surface area contributed by atoms with Crippen molar-refractivity contribution in [2.24, 2.45) is 0 Å². The lowest BCUT2D eigenvalue weighted by Gasteiger charge is -2.35. The molecule has 0 fully saturated rings. The molecule has 4 N–H and O–H groups in total. The quantitative estimate of drug-likeness (QED) is 0.816. The van der Waals surface area contributed by atoms with Crippen LogP contribution in [0.4, 0.5) is 0 Å². The minimum atomic E-state index is -0.170. The molecule has 4 nitrogen and oxygen atoms in total. The Hall–Kier alpha value is -2.46. The van der Waals surface area contributed by atoms with Gasteiger partial charge in [0.1, 0.15) is 17.5 Å². The van der Waals surface area contributed by atoms with E-state index < -0.39 is 0 Å². The SMILES string of the molecule is COc1ccc(C2=CC(c3ccccc3O)[NH2+]C(C)(C)N2)cc1. The van der Waals surface area contributed by atoms with E-state index in [9.17, 15) is 5.11 Å². The Kier molecular flexibility index (Phi) is 4.01. The van der Waals surface area contributed by atoms with Gasteiger partial charge < -0.3 is 20.5 Å². The summed E-state index contributed by atoms with van der Waals surface area (Å²) in [6.45, 7) is 4.27. The molecule has 0 saturated carbocycles. The average molecular weight is 311 g/mol.